The molecular weight excluding hydrogens is 341 g/mol. The molecular formula is C23H26FNO2. The lowest BCUT2D eigenvalue weighted by atomic mass is 9.74. The second kappa shape index (κ2) is 8.96. The van der Waals surface area contributed by atoms with Gasteiger partial charge in [-0.15, -0.1) is 0 Å². The van der Waals surface area contributed by atoms with E-state index in [9.17, 15) is 9.18 Å². The number of carbonyl (C=O) groups excluding carboxylic acids is 1. The number of carbonyl (C=O) groups is 1. The lowest BCUT2D eigenvalue weighted by Crippen LogP contribution is -2.53. The lowest BCUT2D eigenvalue weighted by molar-refractivity contribution is -0.155. The first kappa shape index (κ1) is 19.3. The predicted octanol–water partition coefficient (Wildman–Crippen LogP) is 4.73. The lowest BCUT2D eigenvalue weighted by Gasteiger charge is -2.43. The number of benzene rings is 2. The van der Waals surface area contributed by atoms with Crippen LogP contribution in [-0.4, -0.2) is 12.5 Å². The number of rotatable bonds is 7. The average molecular weight is 367 g/mol. The van der Waals surface area contributed by atoms with Crippen molar-refractivity contribution in [2.75, 3.05) is 6.54 Å². The molecule has 0 bridgehead atoms. The summed E-state index contributed by atoms with van der Waals surface area (Å²) < 4.78 is 20.0. The molecule has 1 heterocycles. The number of allylic oxidation sites excluding steroid dienone is 2. The quantitative estimate of drug-likeness (QED) is 0.719. The molecule has 0 radical (unpaired) electrons. The Morgan fingerprint density at radius 1 is 1.15 bits per heavy atom. The third-order valence-corrected chi connectivity index (χ3v) is 5.12. The van der Waals surface area contributed by atoms with Gasteiger partial charge in [0.15, 0.2) is 0 Å². The SMILES string of the molecule is CCC=CCC1C(=O)NCCC1(OCc1ccccc1)c1ccc(F)cc1. The number of hydrogen-bond donors (Lipinski definition) is 1. The summed E-state index contributed by atoms with van der Waals surface area (Å²) >= 11 is 0. The van der Waals surface area contributed by atoms with Crippen LogP contribution in [0.3, 0.4) is 0 Å². The van der Waals surface area contributed by atoms with Gasteiger partial charge in [-0.1, -0.05) is 61.5 Å². The molecule has 1 saturated heterocycles. The maximum atomic E-state index is 13.5. The minimum absolute atomic E-state index is 0.0145. The van der Waals surface area contributed by atoms with E-state index in [-0.39, 0.29) is 17.6 Å². The molecule has 27 heavy (non-hydrogen) atoms. The molecule has 3 nitrogen and oxygen atoms in total. The first-order chi connectivity index (χ1) is 13.2. The van der Waals surface area contributed by atoms with Gasteiger partial charge in [0.1, 0.15) is 11.4 Å². The molecule has 1 aliphatic rings. The maximum absolute atomic E-state index is 13.5. The van der Waals surface area contributed by atoms with Crippen molar-refractivity contribution in [2.45, 2.75) is 38.4 Å². The zero-order valence-corrected chi connectivity index (χ0v) is 15.7. The van der Waals surface area contributed by atoms with Gasteiger partial charge in [-0.25, -0.2) is 4.39 Å². The normalized spacial score (nSPS) is 22.7. The molecule has 1 aliphatic heterocycles. The highest BCUT2D eigenvalue weighted by Gasteiger charge is 2.47. The number of nitrogens with one attached hydrogen (secondary N) is 1. The molecule has 1 N–H and O–H groups in total. The second-order valence-electron chi connectivity index (χ2n) is 6.88. The van der Waals surface area contributed by atoms with Crippen molar-refractivity contribution in [3.63, 3.8) is 0 Å². The minimum atomic E-state index is -0.774. The standard InChI is InChI=1S/C23H26FNO2/c1-2-3-5-10-21-22(26)25-16-15-23(21,19-11-13-20(24)14-12-19)27-17-18-8-6-4-7-9-18/h3-9,11-14,21H,2,10,15-17H2,1H3,(H,25,26). The highest BCUT2D eigenvalue weighted by Crippen LogP contribution is 2.42. The van der Waals surface area contributed by atoms with Gasteiger partial charge in [-0.05, 0) is 42.5 Å². The molecule has 0 aliphatic carbocycles. The number of piperidine rings is 1. The zero-order chi connectivity index (χ0) is 19.1. The molecule has 4 heteroatoms. The van der Waals surface area contributed by atoms with E-state index in [1.165, 1.54) is 12.1 Å². The van der Waals surface area contributed by atoms with Gasteiger partial charge in [-0.2, -0.15) is 0 Å². The molecule has 0 spiro atoms. The Morgan fingerprint density at radius 3 is 2.59 bits per heavy atom. The van der Waals surface area contributed by atoms with Gasteiger partial charge in [0.25, 0.3) is 0 Å². The van der Waals surface area contributed by atoms with Gasteiger partial charge in [0, 0.05) is 6.54 Å². The van der Waals surface area contributed by atoms with E-state index in [0.717, 1.165) is 17.5 Å². The summed E-state index contributed by atoms with van der Waals surface area (Å²) in [7, 11) is 0. The number of ether oxygens (including phenoxy) is 1. The Kier molecular flexibility index (Phi) is 6.40. The van der Waals surface area contributed by atoms with Crippen molar-refractivity contribution in [3.8, 4) is 0 Å². The summed E-state index contributed by atoms with van der Waals surface area (Å²) in [5, 5.41) is 2.97. The topological polar surface area (TPSA) is 38.3 Å². The molecule has 1 fully saturated rings. The molecule has 2 aromatic rings. The van der Waals surface area contributed by atoms with E-state index in [2.05, 4.69) is 18.3 Å². The maximum Gasteiger partial charge on any atom is 0.226 e. The molecule has 0 saturated carbocycles. The van der Waals surface area contributed by atoms with Crippen molar-refractivity contribution in [1.29, 1.82) is 0 Å². The monoisotopic (exact) mass is 367 g/mol. The van der Waals surface area contributed by atoms with Gasteiger partial charge in [0.05, 0.1) is 12.5 Å². The average Bonchev–Trinajstić information content (AvgIpc) is 2.69. The summed E-state index contributed by atoms with van der Waals surface area (Å²) in [6, 6.07) is 16.3. The van der Waals surface area contributed by atoms with E-state index in [1.807, 2.05) is 36.4 Å². The van der Waals surface area contributed by atoms with Crippen molar-refractivity contribution in [1.82, 2.24) is 5.32 Å². The van der Waals surface area contributed by atoms with Crippen LogP contribution in [0.5, 0.6) is 0 Å². The second-order valence-corrected chi connectivity index (χ2v) is 6.88. The van der Waals surface area contributed by atoms with Gasteiger partial charge < -0.3 is 10.1 Å². The van der Waals surface area contributed by atoms with E-state index in [4.69, 9.17) is 4.74 Å². The van der Waals surface area contributed by atoms with Crippen LogP contribution in [0.1, 0.15) is 37.3 Å². The summed E-state index contributed by atoms with van der Waals surface area (Å²) in [4.78, 5) is 12.8. The first-order valence-electron chi connectivity index (χ1n) is 9.52. The summed E-state index contributed by atoms with van der Waals surface area (Å²) in [6.45, 7) is 3.01. The van der Waals surface area contributed by atoms with Crippen LogP contribution in [0.2, 0.25) is 0 Å². The third kappa shape index (κ3) is 4.45. The fraction of sp³-hybridized carbons (Fsp3) is 0.348. The molecule has 0 aromatic heterocycles. The van der Waals surface area contributed by atoms with E-state index >= 15 is 0 Å². The van der Waals surface area contributed by atoms with Crippen LogP contribution in [0.15, 0.2) is 66.7 Å². The van der Waals surface area contributed by atoms with Crippen molar-refractivity contribution < 1.29 is 13.9 Å². The predicted molar refractivity (Wildman–Crippen MR) is 104 cm³/mol. The number of amides is 1. The Hall–Kier alpha value is -2.46. The van der Waals surface area contributed by atoms with Crippen LogP contribution >= 0.6 is 0 Å². The summed E-state index contributed by atoms with van der Waals surface area (Å²) in [5.41, 5.74) is 1.13. The Balaban J connectivity index is 1.97. The van der Waals surface area contributed by atoms with Crippen molar-refractivity contribution >= 4 is 5.91 Å². The van der Waals surface area contributed by atoms with Gasteiger partial charge >= 0.3 is 0 Å². The van der Waals surface area contributed by atoms with Crippen LogP contribution in [0, 0.1) is 11.7 Å². The van der Waals surface area contributed by atoms with E-state index in [0.29, 0.717) is 26.0 Å². The Labute approximate surface area is 160 Å². The van der Waals surface area contributed by atoms with Crippen molar-refractivity contribution in [3.05, 3.63) is 83.7 Å². The molecule has 3 rings (SSSR count). The van der Waals surface area contributed by atoms with Crippen LogP contribution < -0.4 is 5.32 Å². The van der Waals surface area contributed by atoms with Crippen LogP contribution in [-0.2, 0) is 21.7 Å². The van der Waals surface area contributed by atoms with Crippen LogP contribution in [0.4, 0.5) is 4.39 Å². The molecule has 1 amide bonds. The Bertz CT molecular complexity index is 773. The molecule has 2 atom stereocenters. The van der Waals surface area contributed by atoms with E-state index < -0.39 is 5.60 Å². The number of hydrogen-bond acceptors (Lipinski definition) is 2. The molecule has 2 aromatic carbocycles. The molecule has 2 unspecified atom stereocenters. The van der Waals surface area contributed by atoms with Crippen molar-refractivity contribution in [2.24, 2.45) is 5.92 Å². The molecule has 142 valence electrons. The highest BCUT2D eigenvalue weighted by molar-refractivity contribution is 5.81. The van der Waals surface area contributed by atoms with Gasteiger partial charge in [0.2, 0.25) is 5.91 Å². The fourth-order valence-electron chi connectivity index (χ4n) is 3.70. The zero-order valence-electron chi connectivity index (χ0n) is 15.7. The summed E-state index contributed by atoms with van der Waals surface area (Å²) in [5.74, 6) is -0.665. The smallest absolute Gasteiger partial charge is 0.226 e. The summed E-state index contributed by atoms with van der Waals surface area (Å²) in [6.07, 6.45) is 6.27. The fourth-order valence-corrected chi connectivity index (χ4v) is 3.70. The van der Waals surface area contributed by atoms with Gasteiger partial charge in [-0.3, -0.25) is 4.79 Å². The Morgan fingerprint density at radius 2 is 1.89 bits per heavy atom. The van der Waals surface area contributed by atoms with E-state index in [1.54, 1.807) is 12.1 Å². The first-order valence-corrected chi connectivity index (χ1v) is 9.52. The highest BCUT2D eigenvalue weighted by atomic mass is 19.1. The largest absolute Gasteiger partial charge is 0.365 e. The third-order valence-electron chi connectivity index (χ3n) is 5.12. The number of halogens is 1. The minimum Gasteiger partial charge on any atom is -0.365 e. The van der Waals surface area contributed by atoms with Crippen LogP contribution in [0.25, 0.3) is 0 Å².